The van der Waals surface area contributed by atoms with Crippen molar-refractivity contribution in [3.63, 3.8) is 0 Å². The van der Waals surface area contributed by atoms with Gasteiger partial charge in [0.2, 0.25) is 0 Å². The molecule has 1 atom stereocenters. The van der Waals surface area contributed by atoms with Gasteiger partial charge in [-0.05, 0) is 31.5 Å². The van der Waals surface area contributed by atoms with Crippen molar-refractivity contribution in [2.45, 2.75) is 25.4 Å². The number of thioether (sulfide) groups is 1. The quantitative estimate of drug-likeness (QED) is 0.827. The molecule has 0 amide bonds. The Morgan fingerprint density at radius 3 is 2.88 bits per heavy atom. The van der Waals surface area contributed by atoms with E-state index in [1.54, 1.807) is 12.1 Å². The van der Waals surface area contributed by atoms with Crippen LogP contribution in [-0.4, -0.2) is 17.0 Å². The molecule has 1 unspecified atom stereocenters. The molecule has 1 fully saturated rings. The normalized spacial score (nSPS) is 24.4. The highest BCUT2D eigenvalue weighted by molar-refractivity contribution is 7.99. The molecule has 1 saturated heterocycles. The summed E-state index contributed by atoms with van der Waals surface area (Å²) in [7, 11) is 0. The van der Waals surface area contributed by atoms with Crippen LogP contribution in [-0.2, 0) is 0 Å². The van der Waals surface area contributed by atoms with Crippen LogP contribution in [0, 0.1) is 5.82 Å². The van der Waals surface area contributed by atoms with E-state index < -0.39 is 0 Å². The fourth-order valence-corrected chi connectivity index (χ4v) is 3.31. The minimum absolute atomic E-state index is 0.119. The Morgan fingerprint density at radius 2 is 2.25 bits per heavy atom. The highest BCUT2D eigenvalue weighted by atomic mass is 35.5. The summed E-state index contributed by atoms with van der Waals surface area (Å²) in [4.78, 5) is 0. The predicted molar refractivity (Wildman–Crippen MR) is 68.7 cm³/mol. The van der Waals surface area contributed by atoms with E-state index in [1.165, 1.54) is 6.07 Å². The smallest absolute Gasteiger partial charge is 0.141 e. The molecule has 0 saturated carbocycles. The van der Waals surface area contributed by atoms with Crippen LogP contribution in [0.4, 0.5) is 4.39 Å². The van der Waals surface area contributed by atoms with Gasteiger partial charge in [-0.3, -0.25) is 0 Å². The lowest BCUT2D eigenvalue weighted by Gasteiger charge is -2.37. The monoisotopic (exact) mass is 259 g/mol. The van der Waals surface area contributed by atoms with E-state index in [0.29, 0.717) is 0 Å². The van der Waals surface area contributed by atoms with Gasteiger partial charge in [0.15, 0.2) is 0 Å². The van der Waals surface area contributed by atoms with Gasteiger partial charge in [0.25, 0.3) is 0 Å². The van der Waals surface area contributed by atoms with Crippen LogP contribution < -0.4 is 5.32 Å². The van der Waals surface area contributed by atoms with E-state index >= 15 is 0 Å². The Morgan fingerprint density at radius 1 is 1.50 bits per heavy atom. The van der Waals surface area contributed by atoms with Crippen LogP contribution in [0.1, 0.15) is 25.5 Å². The molecule has 0 bridgehead atoms. The molecule has 0 radical (unpaired) electrons. The van der Waals surface area contributed by atoms with Gasteiger partial charge in [-0.25, -0.2) is 4.39 Å². The van der Waals surface area contributed by atoms with Crippen molar-refractivity contribution >= 4 is 23.4 Å². The summed E-state index contributed by atoms with van der Waals surface area (Å²) in [6.45, 7) is 4.36. The molecule has 1 aliphatic heterocycles. The summed E-state index contributed by atoms with van der Waals surface area (Å²) >= 11 is 7.71. The first kappa shape index (κ1) is 12.2. The molecular weight excluding hydrogens is 245 g/mol. The molecule has 1 nitrogen and oxygen atoms in total. The van der Waals surface area contributed by atoms with Crippen molar-refractivity contribution in [3.8, 4) is 0 Å². The van der Waals surface area contributed by atoms with Crippen LogP contribution in [0.3, 0.4) is 0 Å². The second kappa shape index (κ2) is 4.55. The number of hydrogen-bond acceptors (Lipinski definition) is 2. The summed E-state index contributed by atoms with van der Waals surface area (Å²) in [6, 6.07) is 5.22. The summed E-state index contributed by atoms with van der Waals surface area (Å²) < 4.78 is 13.1. The zero-order valence-electron chi connectivity index (χ0n) is 9.39. The maximum Gasteiger partial charge on any atom is 0.141 e. The van der Waals surface area contributed by atoms with E-state index in [-0.39, 0.29) is 22.4 Å². The molecule has 1 N–H and O–H groups in total. The number of halogens is 2. The van der Waals surface area contributed by atoms with Gasteiger partial charge in [-0.15, -0.1) is 0 Å². The number of hydrogen-bond donors (Lipinski definition) is 1. The summed E-state index contributed by atoms with van der Waals surface area (Å²) in [5.74, 6) is 1.75. The van der Waals surface area contributed by atoms with Crippen LogP contribution >= 0.6 is 23.4 Å². The largest absolute Gasteiger partial charge is 0.303 e. The Kier molecular flexibility index (Phi) is 3.48. The zero-order valence-corrected chi connectivity index (χ0v) is 11.0. The highest BCUT2D eigenvalue weighted by Gasteiger charge is 2.28. The number of benzene rings is 1. The van der Waals surface area contributed by atoms with Crippen molar-refractivity contribution < 1.29 is 4.39 Å². The SMILES string of the molecule is CC1(C)CSCC(c2ccc(F)c(Cl)c2)N1. The lowest BCUT2D eigenvalue weighted by molar-refractivity contribution is 0.376. The third-order valence-corrected chi connectivity index (χ3v) is 4.44. The van der Waals surface area contributed by atoms with E-state index in [1.807, 2.05) is 11.8 Å². The first-order valence-electron chi connectivity index (χ1n) is 5.28. The van der Waals surface area contributed by atoms with Gasteiger partial charge in [0.05, 0.1) is 5.02 Å². The molecule has 16 heavy (non-hydrogen) atoms. The van der Waals surface area contributed by atoms with E-state index in [2.05, 4.69) is 19.2 Å². The maximum absolute atomic E-state index is 13.1. The molecule has 2 rings (SSSR count). The summed E-state index contributed by atoms with van der Waals surface area (Å²) in [5.41, 5.74) is 1.18. The average Bonchev–Trinajstić information content (AvgIpc) is 2.20. The van der Waals surface area contributed by atoms with Crippen molar-refractivity contribution in [1.82, 2.24) is 5.32 Å². The first-order chi connectivity index (χ1) is 7.48. The van der Waals surface area contributed by atoms with Crippen molar-refractivity contribution in [2.24, 2.45) is 0 Å². The van der Waals surface area contributed by atoms with Gasteiger partial charge in [-0.2, -0.15) is 11.8 Å². The van der Waals surface area contributed by atoms with Crippen molar-refractivity contribution in [3.05, 3.63) is 34.6 Å². The van der Waals surface area contributed by atoms with Crippen molar-refractivity contribution in [1.29, 1.82) is 0 Å². The molecule has 1 aromatic rings. The van der Waals surface area contributed by atoms with Crippen LogP contribution in [0.2, 0.25) is 5.02 Å². The van der Waals surface area contributed by atoms with Gasteiger partial charge >= 0.3 is 0 Å². The summed E-state index contributed by atoms with van der Waals surface area (Å²) in [5, 5.41) is 3.76. The molecule has 4 heteroatoms. The van der Waals surface area contributed by atoms with Gasteiger partial charge in [0, 0.05) is 23.1 Å². The minimum Gasteiger partial charge on any atom is -0.303 e. The Balaban J connectivity index is 2.20. The van der Waals surface area contributed by atoms with E-state index in [4.69, 9.17) is 11.6 Å². The predicted octanol–water partition coefficient (Wildman–Crippen LogP) is 3.64. The van der Waals surface area contributed by atoms with E-state index in [9.17, 15) is 4.39 Å². The number of nitrogens with one attached hydrogen (secondary N) is 1. The Bertz CT molecular complexity index is 395. The highest BCUT2D eigenvalue weighted by Crippen LogP contribution is 2.30. The molecule has 0 aromatic heterocycles. The topological polar surface area (TPSA) is 12.0 Å². The minimum atomic E-state index is -0.354. The Hall–Kier alpha value is -0.250. The van der Waals surface area contributed by atoms with Gasteiger partial charge in [0.1, 0.15) is 5.82 Å². The van der Waals surface area contributed by atoms with Crippen LogP contribution in [0.15, 0.2) is 18.2 Å². The van der Waals surface area contributed by atoms with Crippen molar-refractivity contribution in [2.75, 3.05) is 11.5 Å². The molecule has 88 valence electrons. The molecule has 1 aromatic carbocycles. The Labute approximate surface area is 105 Å². The molecule has 1 aliphatic rings. The molecule has 1 heterocycles. The fourth-order valence-electron chi connectivity index (χ4n) is 1.90. The second-order valence-electron chi connectivity index (χ2n) is 4.77. The number of rotatable bonds is 1. The third kappa shape index (κ3) is 2.70. The zero-order chi connectivity index (χ0) is 11.8. The second-order valence-corrected chi connectivity index (χ2v) is 6.21. The molecule has 0 aliphatic carbocycles. The maximum atomic E-state index is 13.1. The standard InChI is InChI=1S/C12H15ClFNS/c1-12(2)7-16-6-11(15-12)8-3-4-10(14)9(13)5-8/h3-5,11,15H,6-7H2,1-2H3. The fraction of sp³-hybridized carbons (Fsp3) is 0.500. The molecule has 0 spiro atoms. The third-order valence-electron chi connectivity index (χ3n) is 2.66. The average molecular weight is 260 g/mol. The summed E-state index contributed by atoms with van der Waals surface area (Å²) in [6.07, 6.45) is 0. The van der Waals surface area contributed by atoms with E-state index in [0.717, 1.165) is 17.1 Å². The van der Waals surface area contributed by atoms with Crippen LogP contribution in [0.5, 0.6) is 0 Å². The van der Waals surface area contributed by atoms with Crippen LogP contribution in [0.25, 0.3) is 0 Å². The first-order valence-corrected chi connectivity index (χ1v) is 6.82. The lowest BCUT2D eigenvalue weighted by atomic mass is 10.0. The van der Waals surface area contributed by atoms with Gasteiger partial charge < -0.3 is 5.32 Å². The molecular formula is C12H15ClFNS. The van der Waals surface area contributed by atoms with Gasteiger partial charge in [-0.1, -0.05) is 17.7 Å². The lowest BCUT2D eigenvalue weighted by Crippen LogP contribution is -2.48.